The van der Waals surface area contributed by atoms with Crippen LogP contribution in [0.1, 0.15) is 11.3 Å². The van der Waals surface area contributed by atoms with Crippen molar-refractivity contribution in [3.05, 3.63) is 33.1 Å². The number of aryl methyl sites for hydroxylation is 2. The lowest BCUT2D eigenvalue weighted by Crippen LogP contribution is -2.21. The standard InChI is InChI=1S/C12H15N3OS/c1-7-5-8(2)15(4)11(16)10(7)9-6-17-12(13-3)14-9/h5-6H,1-4H3,(H,13,14). The molecule has 2 rings (SSSR count). The van der Waals surface area contributed by atoms with Gasteiger partial charge in [-0.1, -0.05) is 0 Å². The summed E-state index contributed by atoms with van der Waals surface area (Å²) in [6.07, 6.45) is 0. The Morgan fingerprint density at radius 3 is 2.71 bits per heavy atom. The van der Waals surface area contributed by atoms with Crippen LogP contribution in [0.5, 0.6) is 0 Å². The van der Waals surface area contributed by atoms with E-state index in [0.717, 1.165) is 22.1 Å². The molecule has 1 N–H and O–H groups in total. The number of thiazole rings is 1. The molecule has 0 saturated carbocycles. The number of hydrogen-bond donors (Lipinski definition) is 1. The number of nitrogens with zero attached hydrogens (tertiary/aromatic N) is 2. The van der Waals surface area contributed by atoms with Crippen LogP contribution in [0.4, 0.5) is 5.13 Å². The van der Waals surface area contributed by atoms with Gasteiger partial charge in [-0.2, -0.15) is 0 Å². The van der Waals surface area contributed by atoms with Gasteiger partial charge in [-0.05, 0) is 25.5 Å². The smallest absolute Gasteiger partial charge is 0.260 e. The monoisotopic (exact) mass is 249 g/mol. The maximum Gasteiger partial charge on any atom is 0.260 e. The molecule has 0 aliphatic heterocycles. The summed E-state index contributed by atoms with van der Waals surface area (Å²) in [7, 11) is 3.61. The minimum Gasteiger partial charge on any atom is -0.365 e. The molecule has 2 aromatic rings. The molecule has 0 spiro atoms. The maximum absolute atomic E-state index is 12.2. The molecular weight excluding hydrogens is 234 g/mol. The summed E-state index contributed by atoms with van der Waals surface area (Å²) in [5, 5.41) is 5.71. The molecule has 0 aromatic carbocycles. The van der Waals surface area contributed by atoms with Crippen LogP contribution in [0.25, 0.3) is 11.3 Å². The normalized spacial score (nSPS) is 10.6. The third-order valence-corrected chi connectivity index (χ3v) is 3.70. The van der Waals surface area contributed by atoms with Crippen molar-refractivity contribution in [3.8, 4) is 11.3 Å². The Labute approximate surface area is 104 Å². The lowest BCUT2D eigenvalue weighted by atomic mass is 10.1. The van der Waals surface area contributed by atoms with Gasteiger partial charge in [0.2, 0.25) is 0 Å². The zero-order valence-corrected chi connectivity index (χ0v) is 11.2. The van der Waals surface area contributed by atoms with Gasteiger partial charge in [0, 0.05) is 25.2 Å². The highest BCUT2D eigenvalue weighted by molar-refractivity contribution is 7.14. The molecule has 0 aliphatic carbocycles. The first kappa shape index (κ1) is 11.9. The fraction of sp³-hybridized carbons (Fsp3) is 0.333. The second-order valence-corrected chi connectivity index (χ2v) is 4.85. The Hall–Kier alpha value is -1.62. The van der Waals surface area contributed by atoms with Gasteiger partial charge in [-0.25, -0.2) is 4.98 Å². The Morgan fingerprint density at radius 2 is 2.12 bits per heavy atom. The molecule has 17 heavy (non-hydrogen) atoms. The fourth-order valence-corrected chi connectivity index (χ4v) is 2.46. The SMILES string of the molecule is CNc1nc(-c2c(C)cc(C)n(C)c2=O)cs1. The van der Waals surface area contributed by atoms with E-state index in [2.05, 4.69) is 10.3 Å². The Kier molecular flexibility index (Phi) is 3.02. The average molecular weight is 249 g/mol. The summed E-state index contributed by atoms with van der Waals surface area (Å²) in [5.74, 6) is 0. The first-order valence-corrected chi connectivity index (χ1v) is 6.23. The minimum atomic E-state index is 0.00968. The maximum atomic E-state index is 12.2. The molecule has 0 atom stereocenters. The van der Waals surface area contributed by atoms with Crippen LogP contribution in [-0.2, 0) is 7.05 Å². The molecule has 90 valence electrons. The van der Waals surface area contributed by atoms with Crippen molar-refractivity contribution in [3.63, 3.8) is 0 Å². The second-order valence-electron chi connectivity index (χ2n) is 4.00. The molecule has 5 heteroatoms. The van der Waals surface area contributed by atoms with E-state index in [4.69, 9.17) is 0 Å². The first-order chi connectivity index (χ1) is 8.04. The lowest BCUT2D eigenvalue weighted by Gasteiger charge is -2.08. The third kappa shape index (κ3) is 1.98. The summed E-state index contributed by atoms with van der Waals surface area (Å²) in [6, 6.07) is 2.01. The summed E-state index contributed by atoms with van der Waals surface area (Å²) in [5.41, 5.74) is 3.38. The highest BCUT2D eigenvalue weighted by Crippen LogP contribution is 2.24. The van der Waals surface area contributed by atoms with Gasteiger partial charge in [0.1, 0.15) is 0 Å². The summed E-state index contributed by atoms with van der Waals surface area (Å²) < 4.78 is 1.65. The van der Waals surface area contributed by atoms with E-state index in [0.29, 0.717) is 5.56 Å². The van der Waals surface area contributed by atoms with E-state index in [1.165, 1.54) is 11.3 Å². The van der Waals surface area contributed by atoms with Crippen molar-refractivity contribution in [2.24, 2.45) is 7.05 Å². The number of anilines is 1. The number of aromatic nitrogens is 2. The highest BCUT2D eigenvalue weighted by atomic mass is 32.1. The zero-order valence-electron chi connectivity index (χ0n) is 10.4. The Morgan fingerprint density at radius 1 is 1.41 bits per heavy atom. The van der Waals surface area contributed by atoms with Crippen LogP contribution in [0.2, 0.25) is 0 Å². The molecule has 0 amide bonds. The van der Waals surface area contributed by atoms with Gasteiger partial charge in [0.15, 0.2) is 5.13 Å². The Bertz CT molecular complexity index is 613. The van der Waals surface area contributed by atoms with Crippen LogP contribution in [0.15, 0.2) is 16.2 Å². The van der Waals surface area contributed by atoms with Crippen molar-refractivity contribution in [2.45, 2.75) is 13.8 Å². The Balaban J connectivity index is 2.67. The predicted molar refractivity (Wildman–Crippen MR) is 71.8 cm³/mol. The molecule has 2 heterocycles. The number of pyridine rings is 1. The van der Waals surface area contributed by atoms with Crippen molar-refractivity contribution in [1.29, 1.82) is 0 Å². The molecule has 0 unspecified atom stereocenters. The fourth-order valence-electron chi connectivity index (χ4n) is 1.79. The molecular formula is C12H15N3OS. The first-order valence-electron chi connectivity index (χ1n) is 5.35. The molecule has 2 aromatic heterocycles. The number of hydrogen-bond acceptors (Lipinski definition) is 4. The molecule has 4 nitrogen and oxygen atoms in total. The largest absolute Gasteiger partial charge is 0.365 e. The quantitative estimate of drug-likeness (QED) is 0.887. The van der Waals surface area contributed by atoms with Gasteiger partial charge in [0.25, 0.3) is 5.56 Å². The second kappa shape index (κ2) is 4.33. The zero-order chi connectivity index (χ0) is 12.6. The summed E-state index contributed by atoms with van der Waals surface area (Å²) >= 11 is 1.50. The summed E-state index contributed by atoms with van der Waals surface area (Å²) in [4.78, 5) is 16.6. The third-order valence-electron chi connectivity index (χ3n) is 2.84. The predicted octanol–water partition coefficient (Wildman–Crippen LogP) is 2.17. The molecule has 0 bridgehead atoms. The van der Waals surface area contributed by atoms with Gasteiger partial charge >= 0.3 is 0 Å². The molecule has 0 fully saturated rings. The number of nitrogens with one attached hydrogen (secondary N) is 1. The topological polar surface area (TPSA) is 46.9 Å². The van der Waals surface area contributed by atoms with Gasteiger partial charge in [-0.3, -0.25) is 4.79 Å². The molecule has 0 saturated heterocycles. The van der Waals surface area contributed by atoms with Crippen LogP contribution in [0, 0.1) is 13.8 Å². The van der Waals surface area contributed by atoms with Crippen molar-refractivity contribution >= 4 is 16.5 Å². The summed E-state index contributed by atoms with van der Waals surface area (Å²) in [6.45, 7) is 3.88. The van der Waals surface area contributed by atoms with Gasteiger partial charge in [-0.15, -0.1) is 11.3 Å². The molecule has 0 radical (unpaired) electrons. The minimum absolute atomic E-state index is 0.00968. The van der Waals surface area contributed by atoms with E-state index in [1.807, 2.05) is 32.3 Å². The van der Waals surface area contributed by atoms with E-state index in [1.54, 1.807) is 11.6 Å². The van der Waals surface area contributed by atoms with E-state index >= 15 is 0 Å². The van der Waals surface area contributed by atoms with E-state index in [-0.39, 0.29) is 5.56 Å². The van der Waals surface area contributed by atoms with Crippen LogP contribution in [-0.4, -0.2) is 16.6 Å². The lowest BCUT2D eigenvalue weighted by molar-refractivity contribution is 0.816. The van der Waals surface area contributed by atoms with Crippen molar-refractivity contribution in [2.75, 3.05) is 12.4 Å². The van der Waals surface area contributed by atoms with Gasteiger partial charge in [0.05, 0.1) is 11.3 Å². The van der Waals surface area contributed by atoms with Crippen LogP contribution < -0.4 is 10.9 Å². The van der Waals surface area contributed by atoms with Crippen LogP contribution >= 0.6 is 11.3 Å². The van der Waals surface area contributed by atoms with Crippen molar-refractivity contribution < 1.29 is 0 Å². The molecule has 0 aliphatic rings. The highest BCUT2D eigenvalue weighted by Gasteiger charge is 2.13. The van der Waals surface area contributed by atoms with E-state index in [9.17, 15) is 4.79 Å². The number of rotatable bonds is 2. The van der Waals surface area contributed by atoms with Crippen LogP contribution in [0.3, 0.4) is 0 Å². The average Bonchev–Trinajstić information content (AvgIpc) is 2.74. The van der Waals surface area contributed by atoms with Crippen molar-refractivity contribution in [1.82, 2.24) is 9.55 Å². The van der Waals surface area contributed by atoms with Gasteiger partial charge < -0.3 is 9.88 Å². The van der Waals surface area contributed by atoms with E-state index < -0.39 is 0 Å².